The number of hydrogen-bond acceptors (Lipinski definition) is 3. The second-order valence-electron chi connectivity index (χ2n) is 5.69. The maximum absolute atomic E-state index is 13.5. The van der Waals surface area contributed by atoms with Crippen LogP contribution >= 0.6 is 12.6 Å². The van der Waals surface area contributed by atoms with Crippen LogP contribution in [0.3, 0.4) is 0 Å². The van der Waals surface area contributed by atoms with E-state index in [0.29, 0.717) is 0 Å². The zero-order valence-corrected chi connectivity index (χ0v) is 14.1. The average Bonchev–Trinajstić information content (AvgIpc) is 2.61. The molecule has 2 heterocycles. The van der Waals surface area contributed by atoms with Gasteiger partial charge in [-0.3, -0.25) is 4.79 Å². The molecule has 0 bridgehead atoms. The number of pyridine rings is 1. The topological polar surface area (TPSA) is 56.8 Å². The number of nitrogens with zero attached hydrogens (tertiary/aromatic N) is 2. The molecule has 1 amide bonds. The van der Waals surface area contributed by atoms with Crippen molar-refractivity contribution in [3.63, 3.8) is 0 Å². The summed E-state index contributed by atoms with van der Waals surface area (Å²) < 4.78 is 42.1. The molecule has 132 valence electrons. The van der Waals surface area contributed by atoms with Crippen LogP contribution in [0, 0.1) is 11.3 Å². The van der Waals surface area contributed by atoms with E-state index in [9.17, 15) is 23.2 Å². The Hall–Kier alpha value is -2.79. The molecule has 2 aromatic rings. The van der Waals surface area contributed by atoms with E-state index in [1.165, 1.54) is 22.8 Å². The number of benzene rings is 1. The van der Waals surface area contributed by atoms with Crippen LogP contribution in [0.1, 0.15) is 23.1 Å². The highest BCUT2D eigenvalue weighted by Gasteiger charge is 2.47. The van der Waals surface area contributed by atoms with Crippen LogP contribution < -0.4 is 9.88 Å². The molecule has 0 fully saturated rings. The molecule has 1 N–H and O–H groups in total. The average molecular weight is 376 g/mol. The summed E-state index contributed by atoms with van der Waals surface area (Å²) in [4.78, 5) is 12.6. The van der Waals surface area contributed by atoms with Crippen molar-refractivity contribution in [3.05, 3.63) is 76.6 Å². The SMILES string of the molecule is N#CC1=C(S)NC(=O)C([n+]2ccccc2)C1c1ccccc1C(F)(F)F. The normalized spacial score (nSPS) is 20.5. The van der Waals surface area contributed by atoms with E-state index < -0.39 is 29.6 Å². The van der Waals surface area contributed by atoms with Gasteiger partial charge in [-0.25, -0.2) is 0 Å². The van der Waals surface area contributed by atoms with Crippen molar-refractivity contribution in [2.24, 2.45) is 0 Å². The summed E-state index contributed by atoms with van der Waals surface area (Å²) >= 11 is 4.10. The fourth-order valence-electron chi connectivity index (χ4n) is 3.09. The molecule has 8 heteroatoms. The summed E-state index contributed by atoms with van der Waals surface area (Å²) in [5, 5.41) is 12.0. The van der Waals surface area contributed by atoms with Crippen LogP contribution in [0.4, 0.5) is 13.2 Å². The maximum atomic E-state index is 13.5. The Morgan fingerprint density at radius 1 is 1.12 bits per heavy atom. The van der Waals surface area contributed by atoms with Gasteiger partial charge >= 0.3 is 6.18 Å². The molecule has 3 rings (SSSR count). The number of allylic oxidation sites excluding steroid dienone is 1. The number of alkyl halides is 3. The van der Waals surface area contributed by atoms with Gasteiger partial charge in [-0.15, -0.1) is 12.6 Å². The lowest BCUT2D eigenvalue weighted by atomic mass is 9.80. The fourth-order valence-corrected chi connectivity index (χ4v) is 3.39. The van der Waals surface area contributed by atoms with Gasteiger partial charge in [-0.2, -0.15) is 23.0 Å². The van der Waals surface area contributed by atoms with Crippen LogP contribution in [-0.2, 0) is 11.0 Å². The van der Waals surface area contributed by atoms with Gasteiger partial charge in [0, 0.05) is 12.1 Å². The highest BCUT2D eigenvalue weighted by Crippen LogP contribution is 2.43. The maximum Gasteiger partial charge on any atom is 0.416 e. The lowest BCUT2D eigenvalue weighted by Gasteiger charge is -2.29. The van der Waals surface area contributed by atoms with Crippen LogP contribution in [0.15, 0.2) is 65.5 Å². The molecule has 0 spiro atoms. The second kappa shape index (κ2) is 6.84. The number of halogens is 3. The van der Waals surface area contributed by atoms with E-state index >= 15 is 0 Å². The minimum atomic E-state index is -4.62. The predicted molar refractivity (Wildman–Crippen MR) is 89.6 cm³/mol. The van der Waals surface area contributed by atoms with E-state index in [2.05, 4.69) is 17.9 Å². The highest BCUT2D eigenvalue weighted by atomic mass is 32.1. The molecular weight excluding hydrogens is 363 g/mol. The summed E-state index contributed by atoms with van der Waals surface area (Å²) in [5.74, 6) is -1.65. The Bertz CT molecular complexity index is 919. The van der Waals surface area contributed by atoms with Crippen molar-refractivity contribution < 1.29 is 22.5 Å². The first kappa shape index (κ1) is 18.0. The summed E-state index contributed by atoms with van der Waals surface area (Å²) in [5.41, 5.74) is -1.04. The molecule has 1 aliphatic heterocycles. The van der Waals surface area contributed by atoms with Gasteiger partial charge in [0.05, 0.1) is 28.2 Å². The zero-order chi connectivity index (χ0) is 18.9. The molecule has 26 heavy (non-hydrogen) atoms. The minimum Gasteiger partial charge on any atom is -0.314 e. The minimum absolute atomic E-state index is 0.0222. The third-order valence-electron chi connectivity index (χ3n) is 4.17. The fraction of sp³-hybridized carbons (Fsp3) is 0.167. The molecule has 0 radical (unpaired) electrons. The molecule has 0 saturated heterocycles. The van der Waals surface area contributed by atoms with Crippen molar-refractivity contribution in [1.29, 1.82) is 5.26 Å². The van der Waals surface area contributed by atoms with E-state index in [1.54, 1.807) is 30.6 Å². The van der Waals surface area contributed by atoms with Crippen LogP contribution in [0.5, 0.6) is 0 Å². The number of aromatic nitrogens is 1. The first-order valence-corrected chi connectivity index (χ1v) is 8.05. The molecule has 0 aliphatic carbocycles. The quantitative estimate of drug-likeness (QED) is 0.625. The van der Waals surface area contributed by atoms with Gasteiger partial charge in [0.1, 0.15) is 0 Å². The number of thiol groups is 1. The molecule has 1 aliphatic rings. The molecule has 1 aromatic carbocycles. The van der Waals surface area contributed by atoms with E-state index in [1.807, 2.05) is 6.07 Å². The number of carbonyl (C=O) groups is 1. The van der Waals surface area contributed by atoms with Gasteiger partial charge in [0.25, 0.3) is 5.91 Å². The van der Waals surface area contributed by atoms with Crippen LogP contribution in [0.25, 0.3) is 0 Å². The lowest BCUT2D eigenvalue weighted by Crippen LogP contribution is -2.53. The Morgan fingerprint density at radius 2 is 1.77 bits per heavy atom. The van der Waals surface area contributed by atoms with Gasteiger partial charge < -0.3 is 5.32 Å². The number of rotatable bonds is 2. The number of carbonyl (C=O) groups excluding carboxylic acids is 1. The van der Waals surface area contributed by atoms with E-state index in [0.717, 1.165) is 6.07 Å². The third kappa shape index (κ3) is 3.18. The number of amides is 1. The van der Waals surface area contributed by atoms with Gasteiger partial charge in [0.2, 0.25) is 6.04 Å². The molecule has 4 nitrogen and oxygen atoms in total. The zero-order valence-electron chi connectivity index (χ0n) is 13.2. The lowest BCUT2D eigenvalue weighted by molar-refractivity contribution is -0.711. The number of nitrogens with one attached hydrogen (secondary N) is 1. The Morgan fingerprint density at radius 3 is 2.38 bits per heavy atom. The number of hydrogen-bond donors (Lipinski definition) is 2. The van der Waals surface area contributed by atoms with Crippen molar-refractivity contribution in [2.75, 3.05) is 0 Å². The van der Waals surface area contributed by atoms with Crippen molar-refractivity contribution in [2.45, 2.75) is 18.1 Å². The molecule has 0 saturated carbocycles. The third-order valence-corrected chi connectivity index (χ3v) is 4.53. The monoisotopic (exact) mass is 376 g/mol. The predicted octanol–water partition coefficient (Wildman–Crippen LogP) is 3.11. The van der Waals surface area contributed by atoms with Crippen molar-refractivity contribution >= 4 is 18.5 Å². The molecule has 2 atom stereocenters. The van der Waals surface area contributed by atoms with Gasteiger partial charge in [0.15, 0.2) is 12.4 Å². The molecule has 1 aromatic heterocycles. The number of nitriles is 1. The van der Waals surface area contributed by atoms with Crippen molar-refractivity contribution in [3.8, 4) is 6.07 Å². The van der Waals surface area contributed by atoms with Gasteiger partial charge in [-0.05, 0) is 11.6 Å². The van der Waals surface area contributed by atoms with Gasteiger partial charge in [-0.1, -0.05) is 24.3 Å². The van der Waals surface area contributed by atoms with E-state index in [4.69, 9.17) is 0 Å². The Labute approximate surface area is 153 Å². The van der Waals surface area contributed by atoms with Crippen LogP contribution in [0.2, 0.25) is 0 Å². The highest BCUT2D eigenvalue weighted by molar-refractivity contribution is 7.84. The molecular formula is C18H13F3N3OS+. The smallest absolute Gasteiger partial charge is 0.314 e. The second-order valence-corrected chi connectivity index (χ2v) is 6.14. The Kier molecular flexibility index (Phi) is 4.74. The summed E-state index contributed by atoms with van der Waals surface area (Å²) in [6, 6.07) is 10.9. The summed E-state index contributed by atoms with van der Waals surface area (Å²) in [6.45, 7) is 0. The van der Waals surface area contributed by atoms with E-state index in [-0.39, 0.29) is 16.2 Å². The largest absolute Gasteiger partial charge is 0.416 e. The first-order valence-electron chi connectivity index (χ1n) is 7.60. The van der Waals surface area contributed by atoms with Crippen molar-refractivity contribution in [1.82, 2.24) is 5.32 Å². The molecule has 2 unspecified atom stereocenters. The standard InChI is InChI=1S/C18H12F3N3OS/c19-18(20,21)13-7-3-2-6-11(13)14-12(10-22)17(26)23-16(25)15(14)24-8-4-1-5-9-24/h1-9,14-15H,(H-,23,25,26)/p+1. The van der Waals surface area contributed by atoms with Crippen LogP contribution in [-0.4, -0.2) is 5.91 Å². The summed E-state index contributed by atoms with van der Waals surface area (Å²) in [7, 11) is 0. The summed E-state index contributed by atoms with van der Waals surface area (Å²) in [6.07, 6.45) is -1.47. The Balaban J connectivity index is 2.28. The first-order chi connectivity index (χ1) is 12.3.